The van der Waals surface area contributed by atoms with Crippen molar-refractivity contribution in [1.29, 1.82) is 0 Å². The Labute approximate surface area is 111 Å². The third-order valence-corrected chi connectivity index (χ3v) is 3.87. The molecule has 1 aliphatic rings. The highest BCUT2D eigenvalue weighted by atomic mass is 15.2. The van der Waals surface area contributed by atoms with Crippen molar-refractivity contribution in [2.75, 3.05) is 37.6 Å². The topological polar surface area (TPSA) is 32.5 Å². The van der Waals surface area contributed by atoms with Crippen LogP contribution in [-0.4, -0.2) is 43.7 Å². The molecule has 0 amide bonds. The van der Waals surface area contributed by atoms with Gasteiger partial charge in [0.15, 0.2) is 0 Å². The van der Waals surface area contributed by atoms with E-state index in [1.807, 2.05) is 0 Å². The second kappa shape index (κ2) is 6.76. The molecule has 100 valence electrons. The molecule has 2 rings (SSSR count). The lowest BCUT2D eigenvalue weighted by atomic mass is 10.0. The van der Waals surface area contributed by atoms with Crippen molar-refractivity contribution < 1.29 is 0 Å². The lowest BCUT2D eigenvalue weighted by Crippen LogP contribution is -2.46. The molecule has 0 atom stereocenters. The second-order valence-electron chi connectivity index (χ2n) is 4.98. The first-order valence-electron chi connectivity index (χ1n) is 7.09. The average molecular weight is 247 g/mol. The molecule has 3 heteroatoms. The highest BCUT2D eigenvalue weighted by Crippen LogP contribution is 2.22. The monoisotopic (exact) mass is 247 g/mol. The molecule has 1 aliphatic heterocycles. The van der Waals surface area contributed by atoms with Gasteiger partial charge in [-0.25, -0.2) is 0 Å². The molecule has 0 spiro atoms. The van der Waals surface area contributed by atoms with Crippen LogP contribution >= 0.6 is 0 Å². The van der Waals surface area contributed by atoms with E-state index in [0.717, 1.165) is 19.6 Å². The number of likely N-dealkylation sites (tertiary alicyclic amines) is 1. The predicted octanol–water partition coefficient (Wildman–Crippen LogP) is 1.94. The van der Waals surface area contributed by atoms with Gasteiger partial charge in [0.25, 0.3) is 0 Å². The van der Waals surface area contributed by atoms with E-state index in [1.54, 1.807) is 0 Å². The molecular formula is C15H25N3. The highest BCUT2D eigenvalue weighted by Gasteiger charge is 2.23. The van der Waals surface area contributed by atoms with Crippen molar-refractivity contribution in [2.45, 2.75) is 25.8 Å². The Kier molecular flexibility index (Phi) is 5.02. The molecule has 1 aromatic rings. The van der Waals surface area contributed by atoms with E-state index in [2.05, 4.69) is 47.1 Å². The van der Waals surface area contributed by atoms with Crippen LogP contribution in [0.3, 0.4) is 0 Å². The van der Waals surface area contributed by atoms with Crippen LogP contribution in [0.2, 0.25) is 0 Å². The summed E-state index contributed by atoms with van der Waals surface area (Å²) >= 11 is 0. The number of rotatable bonds is 5. The van der Waals surface area contributed by atoms with Gasteiger partial charge < -0.3 is 15.5 Å². The lowest BCUT2D eigenvalue weighted by Gasteiger charge is -2.39. The summed E-state index contributed by atoms with van der Waals surface area (Å²) in [7, 11) is 0. The smallest absolute Gasteiger partial charge is 0.0368 e. The minimum atomic E-state index is 0.687. The molecule has 1 fully saturated rings. The van der Waals surface area contributed by atoms with Gasteiger partial charge in [-0.3, -0.25) is 0 Å². The summed E-state index contributed by atoms with van der Waals surface area (Å²) < 4.78 is 0. The first-order valence-corrected chi connectivity index (χ1v) is 7.09. The summed E-state index contributed by atoms with van der Waals surface area (Å²) in [4.78, 5) is 5.02. The van der Waals surface area contributed by atoms with Crippen LogP contribution in [0.1, 0.15) is 19.8 Å². The number of nitrogens with zero attached hydrogens (tertiary/aromatic N) is 2. The molecule has 0 aliphatic carbocycles. The van der Waals surface area contributed by atoms with Gasteiger partial charge in [0.05, 0.1) is 0 Å². The molecule has 0 saturated carbocycles. The Morgan fingerprint density at radius 2 is 1.89 bits per heavy atom. The maximum absolute atomic E-state index is 5.62. The van der Waals surface area contributed by atoms with Crippen LogP contribution in [0.25, 0.3) is 0 Å². The minimum Gasteiger partial charge on any atom is -0.369 e. The summed E-state index contributed by atoms with van der Waals surface area (Å²) in [5.74, 6) is 0. The number of anilines is 1. The Morgan fingerprint density at radius 1 is 1.22 bits per heavy atom. The van der Waals surface area contributed by atoms with E-state index >= 15 is 0 Å². The highest BCUT2D eigenvalue weighted by molar-refractivity contribution is 5.47. The van der Waals surface area contributed by atoms with Crippen LogP contribution in [-0.2, 0) is 0 Å². The van der Waals surface area contributed by atoms with Crippen LogP contribution in [0.4, 0.5) is 5.69 Å². The van der Waals surface area contributed by atoms with Crippen molar-refractivity contribution in [1.82, 2.24) is 4.90 Å². The first-order chi connectivity index (χ1) is 8.85. The third kappa shape index (κ3) is 3.24. The number of hydrogen-bond acceptors (Lipinski definition) is 3. The Morgan fingerprint density at radius 3 is 2.44 bits per heavy atom. The van der Waals surface area contributed by atoms with E-state index in [-0.39, 0.29) is 0 Å². The van der Waals surface area contributed by atoms with Crippen LogP contribution in [0.5, 0.6) is 0 Å². The van der Waals surface area contributed by atoms with E-state index in [1.165, 1.54) is 31.6 Å². The quantitative estimate of drug-likeness (QED) is 0.863. The van der Waals surface area contributed by atoms with Crippen LogP contribution in [0, 0.1) is 0 Å². The van der Waals surface area contributed by atoms with Gasteiger partial charge in [0, 0.05) is 44.5 Å². The zero-order valence-corrected chi connectivity index (χ0v) is 11.4. The van der Waals surface area contributed by atoms with E-state index in [0.29, 0.717) is 6.04 Å². The normalized spacial score (nSPS) is 17.9. The molecule has 0 aromatic heterocycles. The molecule has 0 unspecified atom stereocenters. The number of piperidine rings is 1. The van der Waals surface area contributed by atoms with Crippen molar-refractivity contribution in [3.05, 3.63) is 30.3 Å². The zero-order chi connectivity index (χ0) is 12.8. The van der Waals surface area contributed by atoms with Crippen molar-refractivity contribution in [3.8, 4) is 0 Å². The van der Waals surface area contributed by atoms with Gasteiger partial charge in [-0.1, -0.05) is 18.2 Å². The summed E-state index contributed by atoms with van der Waals surface area (Å²) in [6.07, 6.45) is 2.51. The molecule has 2 N–H and O–H groups in total. The van der Waals surface area contributed by atoms with Gasteiger partial charge in [-0.2, -0.15) is 0 Å². The molecule has 1 aromatic carbocycles. The summed E-state index contributed by atoms with van der Waals surface area (Å²) in [5.41, 5.74) is 6.98. The first kappa shape index (κ1) is 13.4. The minimum absolute atomic E-state index is 0.687. The molecule has 0 radical (unpaired) electrons. The maximum Gasteiger partial charge on any atom is 0.0368 e. The Hall–Kier alpha value is -1.06. The van der Waals surface area contributed by atoms with Crippen molar-refractivity contribution >= 4 is 5.69 Å². The fourth-order valence-corrected chi connectivity index (χ4v) is 2.91. The van der Waals surface area contributed by atoms with Gasteiger partial charge in [-0.15, -0.1) is 0 Å². The zero-order valence-electron chi connectivity index (χ0n) is 11.4. The Balaban J connectivity index is 1.95. The molecule has 0 bridgehead atoms. The second-order valence-corrected chi connectivity index (χ2v) is 4.98. The van der Waals surface area contributed by atoms with Crippen molar-refractivity contribution in [2.24, 2.45) is 5.73 Å². The van der Waals surface area contributed by atoms with Gasteiger partial charge in [-0.05, 0) is 31.9 Å². The molecule has 3 nitrogen and oxygen atoms in total. The van der Waals surface area contributed by atoms with E-state index in [4.69, 9.17) is 5.73 Å². The summed E-state index contributed by atoms with van der Waals surface area (Å²) in [6.45, 7) is 7.53. The summed E-state index contributed by atoms with van der Waals surface area (Å²) in [5, 5.41) is 0. The van der Waals surface area contributed by atoms with Crippen LogP contribution < -0.4 is 10.6 Å². The standard InChI is InChI=1S/C15H25N3/c1-2-18(14-6-4-3-5-7-14)15-8-11-17(12-9-15)13-10-16/h3-7,15H,2,8-13,16H2,1H3. The third-order valence-electron chi connectivity index (χ3n) is 3.87. The average Bonchev–Trinajstić information content (AvgIpc) is 2.43. The van der Waals surface area contributed by atoms with Crippen molar-refractivity contribution in [3.63, 3.8) is 0 Å². The maximum atomic E-state index is 5.62. The van der Waals surface area contributed by atoms with E-state index < -0.39 is 0 Å². The lowest BCUT2D eigenvalue weighted by molar-refractivity contribution is 0.214. The molecule has 1 saturated heterocycles. The SMILES string of the molecule is CCN(c1ccccc1)C1CCN(CCN)CC1. The number of hydrogen-bond donors (Lipinski definition) is 1. The summed E-state index contributed by atoms with van der Waals surface area (Å²) in [6, 6.07) is 11.5. The fraction of sp³-hybridized carbons (Fsp3) is 0.600. The fourth-order valence-electron chi connectivity index (χ4n) is 2.91. The van der Waals surface area contributed by atoms with Gasteiger partial charge in [0.1, 0.15) is 0 Å². The molecular weight excluding hydrogens is 222 g/mol. The van der Waals surface area contributed by atoms with Gasteiger partial charge in [0.2, 0.25) is 0 Å². The van der Waals surface area contributed by atoms with Crippen LogP contribution in [0.15, 0.2) is 30.3 Å². The van der Waals surface area contributed by atoms with Gasteiger partial charge >= 0.3 is 0 Å². The number of para-hydroxylation sites is 1. The number of benzene rings is 1. The molecule has 1 heterocycles. The predicted molar refractivity (Wildman–Crippen MR) is 78.0 cm³/mol. The largest absolute Gasteiger partial charge is 0.369 e. The number of nitrogens with two attached hydrogens (primary N) is 1. The molecule has 18 heavy (non-hydrogen) atoms. The van der Waals surface area contributed by atoms with E-state index in [9.17, 15) is 0 Å². The Bertz CT molecular complexity index is 331.